The molecule has 5 rings (SSSR count). The molecule has 2 aromatic heterocycles. The summed E-state index contributed by atoms with van der Waals surface area (Å²) in [5.74, 6) is 0.630. The minimum atomic E-state index is -0.123. The molecule has 0 aliphatic carbocycles. The minimum absolute atomic E-state index is 0.00410. The first-order valence-corrected chi connectivity index (χ1v) is 8.83. The lowest BCUT2D eigenvalue weighted by molar-refractivity contribution is 0.0571. The van der Waals surface area contributed by atoms with Crippen LogP contribution in [0.25, 0.3) is 0 Å². The minimum Gasteiger partial charge on any atom is -0.361 e. The second-order valence-electron chi connectivity index (χ2n) is 7.05. The lowest BCUT2D eigenvalue weighted by Crippen LogP contribution is -2.48. The quantitative estimate of drug-likeness (QED) is 0.810. The van der Waals surface area contributed by atoms with Crippen LogP contribution < -0.4 is 0 Å². The van der Waals surface area contributed by atoms with Crippen LogP contribution >= 0.6 is 0 Å². The van der Waals surface area contributed by atoms with Crippen LogP contribution in [-0.2, 0) is 0 Å². The molecular weight excluding hydrogens is 334 g/mol. The monoisotopic (exact) mass is 355 g/mol. The van der Waals surface area contributed by atoms with Gasteiger partial charge in [-0.3, -0.25) is 14.6 Å². The molecule has 8 nitrogen and oxygen atoms in total. The number of hydrogen-bond acceptors (Lipinski definition) is 6. The number of fused-ring (bicyclic) bond motifs is 4. The van der Waals surface area contributed by atoms with Crippen LogP contribution in [0.3, 0.4) is 0 Å². The number of amides is 2. The summed E-state index contributed by atoms with van der Waals surface area (Å²) < 4.78 is 5.16. The third-order valence-corrected chi connectivity index (χ3v) is 5.29. The Morgan fingerprint density at radius 2 is 1.96 bits per heavy atom. The molecule has 5 heterocycles. The van der Waals surface area contributed by atoms with Gasteiger partial charge in [0.2, 0.25) is 0 Å². The van der Waals surface area contributed by atoms with E-state index in [-0.39, 0.29) is 23.8 Å². The van der Waals surface area contributed by atoms with Gasteiger partial charge in [0.25, 0.3) is 11.8 Å². The number of hydrogen-bond donors (Lipinski definition) is 0. The number of carbonyl (C=O) groups is 2. The summed E-state index contributed by atoms with van der Waals surface area (Å²) in [6, 6.07) is -0.00410. The maximum absolute atomic E-state index is 13.1. The molecule has 0 N–H and O–H groups in total. The molecule has 2 aromatic rings. The van der Waals surface area contributed by atoms with Crippen molar-refractivity contribution in [3.05, 3.63) is 41.3 Å². The smallest absolute Gasteiger partial charge is 0.274 e. The summed E-state index contributed by atoms with van der Waals surface area (Å²) >= 11 is 0. The molecule has 3 saturated heterocycles. The van der Waals surface area contributed by atoms with Crippen molar-refractivity contribution in [2.75, 3.05) is 19.6 Å². The molecule has 2 atom stereocenters. The van der Waals surface area contributed by atoms with Crippen molar-refractivity contribution in [2.45, 2.75) is 32.7 Å². The average molecular weight is 355 g/mol. The number of rotatable bonds is 2. The van der Waals surface area contributed by atoms with E-state index < -0.39 is 0 Å². The zero-order valence-electron chi connectivity index (χ0n) is 14.9. The Labute approximate surface area is 151 Å². The first-order chi connectivity index (χ1) is 12.5. The van der Waals surface area contributed by atoms with E-state index >= 15 is 0 Å². The zero-order valence-corrected chi connectivity index (χ0v) is 14.9. The fraction of sp³-hybridized carbons (Fsp3) is 0.500. The van der Waals surface area contributed by atoms with Gasteiger partial charge in [0.15, 0.2) is 0 Å². The fourth-order valence-corrected chi connectivity index (χ4v) is 4.00. The molecule has 26 heavy (non-hydrogen) atoms. The topological polar surface area (TPSA) is 92.4 Å². The molecule has 136 valence electrons. The Balaban J connectivity index is 1.57. The summed E-state index contributed by atoms with van der Waals surface area (Å²) in [7, 11) is 0. The SMILES string of the molecule is Cc1noc(C)c1C(=O)N1CC2CCC1CN(C(=O)c1cnccn1)C2. The number of carbonyl (C=O) groups excluding carboxylic acids is 2. The van der Waals surface area contributed by atoms with E-state index in [1.54, 1.807) is 20.0 Å². The summed E-state index contributed by atoms with van der Waals surface area (Å²) in [6.07, 6.45) is 6.46. The summed E-state index contributed by atoms with van der Waals surface area (Å²) in [4.78, 5) is 37.7. The number of aromatic nitrogens is 3. The van der Waals surface area contributed by atoms with Crippen molar-refractivity contribution >= 4 is 11.8 Å². The molecule has 3 aliphatic heterocycles. The third-order valence-electron chi connectivity index (χ3n) is 5.29. The van der Waals surface area contributed by atoms with Gasteiger partial charge in [-0.1, -0.05) is 5.16 Å². The molecule has 2 unspecified atom stereocenters. The molecule has 0 spiro atoms. The Kier molecular flexibility index (Phi) is 4.18. The highest BCUT2D eigenvalue weighted by Gasteiger charge is 2.40. The maximum atomic E-state index is 13.1. The van der Waals surface area contributed by atoms with Gasteiger partial charge in [-0.25, -0.2) is 4.98 Å². The van der Waals surface area contributed by atoms with Crippen LogP contribution in [0.15, 0.2) is 23.1 Å². The van der Waals surface area contributed by atoms with Gasteiger partial charge >= 0.3 is 0 Å². The molecular formula is C18H21N5O3. The van der Waals surface area contributed by atoms with Crippen molar-refractivity contribution in [2.24, 2.45) is 5.92 Å². The van der Waals surface area contributed by atoms with Crippen LogP contribution in [0.4, 0.5) is 0 Å². The van der Waals surface area contributed by atoms with Gasteiger partial charge in [-0.05, 0) is 32.6 Å². The van der Waals surface area contributed by atoms with Crippen LogP contribution in [0.1, 0.15) is 45.1 Å². The summed E-state index contributed by atoms with van der Waals surface area (Å²) in [5.41, 5.74) is 1.50. The molecule has 0 saturated carbocycles. The highest BCUT2D eigenvalue weighted by atomic mass is 16.5. The van der Waals surface area contributed by atoms with E-state index in [0.29, 0.717) is 42.3 Å². The number of aryl methyl sites for hydroxylation is 2. The summed E-state index contributed by atoms with van der Waals surface area (Å²) in [6.45, 7) is 5.34. The van der Waals surface area contributed by atoms with Gasteiger partial charge in [0.05, 0.1) is 11.9 Å². The van der Waals surface area contributed by atoms with Crippen LogP contribution in [-0.4, -0.2) is 62.4 Å². The van der Waals surface area contributed by atoms with E-state index in [0.717, 1.165) is 12.8 Å². The Bertz CT molecular complexity index is 815. The van der Waals surface area contributed by atoms with E-state index in [4.69, 9.17) is 4.52 Å². The van der Waals surface area contributed by atoms with Crippen LogP contribution in [0, 0.1) is 19.8 Å². The molecule has 3 fully saturated rings. The van der Waals surface area contributed by atoms with Crippen LogP contribution in [0.2, 0.25) is 0 Å². The second kappa shape index (κ2) is 6.51. The summed E-state index contributed by atoms with van der Waals surface area (Å²) in [5, 5.41) is 3.90. The third kappa shape index (κ3) is 2.85. The largest absolute Gasteiger partial charge is 0.361 e. The second-order valence-corrected chi connectivity index (χ2v) is 7.05. The first kappa shape index (κ1) is 16.7. The van der Waals surface area contributed by atoms with E-state index in [2.05, 4.69) is 15.1 Å². The van der Waals surface area contributed by atoms with E-state index in [9.17, 15) is 9.59 Å². The standard InChI is InChI=1S/C18H21N5O3/c1-11-16(12(2)26-21-11)18(25)23-9-13-3-4-14(23)10-22(8-13)17(24)15-7-19-5-6-20-15/h5-7,13-14H,3-4,8-10H2,1-2H3. The van der Waals surface area contributed by atoms with Crippen molar-refractivity contribution < 1.29 is 14.1 Å². The molecule has 0 aromatic carbocycles. The van der Waals surface area contributed by atoms with E-state index in [1.807, 2.05) is 9.80 Å². The van der Waals surface area contributed by atoms with Gasteiger partial charge in [0, 0.05) is 38.1 Å². The maximum Gasteiger partial charge on any atom is 0.274 e. The molecule has 8 heteroatoms. The normalized spacial score (nSPS) is 22.4. The Morgan fingerprint density at radius 1 is 1.12 bits per heavy atom. The van der Waals surface area contributed by atoms with Gasteiger partial charge < -0.3 is 14.3 Å². The lowest BCUT2D eigenvalue weighted by Gasteiger charge is -2.36. The van der Waals surface area contributed by atoms with Crippen LogP contribution in [0.5, 0.6) is 0 Å². The zero-order chi connectivity index (χ0) is 18.3. The Morgan fingerprint density at radius 3 is 2.65 bits per heavy atom. The lowest BCUT2D eigenvalue weighted by atomic mass is 9.94. The van der Waals surface area contributed by atoms with Crippen molar-refractivity contribution in [1.82, 2.24) is 24.9 Å². The predicted molar refractivity (Wildman–Crippen MR) is 91.5 cm³/mol. The molecule has 3 aliphatic rings. The van der Waals surface area contributed by atoms with Gasteiger partial charge in [-0.2, -0.15) is 0 Å². The van der Waals surface area contributed by atoms with Crippen molar-refractivity contribution in [1.29, 1.82) is 0 Å². The predicted octanol–water partition coefficient (Wildman–Crippen LogP) is 1.46. The van der Waals surface area contributed by atoms with Gasteiger partial charge in [0.1, 0.15) is 17.0 Å². The highest BCUT2D eigenvalue weighted by Crippen LogP contribution is 2.30. The number of nitrogens with zero attached hydrogens (tertiary/aromatic N) is 5. The average Bonchev–Trinajstić information content (AvgIpc) is 2.83. The number of piperidine rings is 1. The molecule has 2 amide bonds. The van der Waals surface area contributed by atoms with Crippen molar-refractivity contribution in [3.8, 4) is 0 Å². The van der Waals surface area contributed by atoms with Crippen molar-refractivity contribution in [3.63, 3.8) is 0 Å². The first-order valence-electron chi connectivity index (χ1n) is 8.83. The highest BCUT2D eigenvalue weighted by molar-refractivity contribution is 5.96. The Hall–Kier alpha value is -2.77. The van der Waals surface area contributed by atoms with E-state index in [1.165, 1.54) is 12.4 Å². The molecule has 2 bridgehead atoms. The fourth-order valence-electron chi connectivity index (χ4n) is 4.00. The van der Waals surface area contributed by atoms with Gasteiger partial charge in [-0.15, -0.1) is 0 Å². The molecule has 0 radical (unpaired) electrons.